The van der Waals surface area contributed by atoms with Crippen molar-refractivity contribution in [2.75, 3.05) is 12.1 Å². The molecule has 0 fully saturated rings. The maximum atomic E-state index is 11.9. The van der Waals surface area contributed by atoms with E-state index >= 15 is 0 Å². The Morgan fingerprint density at radius 1 is 1.22 bits per heavy atom. The van der Waals surface area contributed by atoms with Crippen LogP contribution >= 0.6 is 0 Å². The van der Waals surface area contributed by atoms with Crippen LogP contribution in [0.3, 0.4) is 0 Å². The van der Waals surface area contributed by atoms with E-state index in [1.165, 1.54) is 18.5 Å². The van der Waals surface area contributed by atoms with Gasteiger partial charge in [-0.25, -0.2) is 0 Å². The molecule has 1 aromatic heterocycles. The van der Waals surface area contributed by atoms with Crippen LogP contribution in [0, 0.1) is 5.21 Å². The molecule has 0 bridgehead atoms. The summed E-state index contributed by atoms with van der Waals surface area (Å²) in [7, 11) is 1.74. The number of nitrogens with zero attached hydrogens (tertiary/aromatic N) is 2. The number of hydrogen-bond donors (Lipinski definition) is 1. The molecule has 1 heterocycles. The molecule has 0 saturated heterocycles. The fourth-order valence-electron chi connectivity index (χ4n) is 1.52. The van der Waals surface area contributed by atoms with Crippen molar-refractivity contribution in [1.82, 2.24) is 5.43 Å². The van der Waals surface area contributed by atoms with Crippen molar-refractivity contribution < 1.29 is 9.52 Å². The predicted molar refractivity (Wildman–Crippen MR) is 67.7 cm³/mol. The third kappa shape index (κ3) is 2.76. The molecule has 1 aromatic carbocycles. The molecule has 0 saturated carbocycles. The Morgan fingerprint density at radius 2 is 1.94 bits per heavy atom. The first-order valence-electron chi connectivity index (χ1n) is 5.45. The zero-order valence-corrected chi connectivity index (χ0v) is 9.91. The Bertz CT molecular complexity index is 543. The highest BCUT2D eigenvalue weighted by molar-refractivity contribution is 5.94. The van der Waals surface area contributed by atoms with E-state index in [2.05, 4.69) is 5.43 Å². The predicted octanol–water partition coefficient (Wildman–Crippen LogP) is 1.10. The second-order valence-corrected chi connectivity index (χ2v) is 3.79. The third-order valence-electron chi connectivity index (χ3n) is 2.45. The maximum absolute atomic E-state index is 11.9. The molecule has 92 valence electrons. The van der Waals surface area contributed by atoms with Crippen LogP contribution in [0.1, 0.15) is 10.4 Å². The van der Waals surface area contributed by atoms with E-state index in [1.807, 2.05) is 30.3 Å². The highest BCUT2D eigenvalue weighted by Crippen LogP contribution is 2.08. The molecular weight excluding hydrogens is 230 g/mol. The molecule has 5 heteroatoms. The molecule has 0 radical (unpaired) electrons. The smallest absolute Gasteiger partial charge is 0.275 e. The van der Waals surface area contributed by atoms with E-state index in [-0.39, 0.29) is 5.91 Å². The molecule has 0 unspecified atom stereocenters. The van der Waals surface area contributed by atoms with Crippen molar-refractivity contribution in [2.45, 2.75) is 0 Å². The van der Waals surface area contributed by atoms with Gasteiger partial charge in [0.1, 0.15) is 5.56 Å². The molecule has 0 atom stereocenters. The second kappa shape index (κ2) is 5.18. The molecule has 2 aromatic rings. The van der Waals surface area contributed by atoms with E-state index in [0.717, 1.165) is 5.69 Å². The van der Waals surface area contributed by atoms with Crippen LogP contribution in [0.5, 0.6) is 0 Å². The van der Waals surface area contributed by atoms with Gasteiger partial charge >= 0.3 is 0 Å². The molecule has 0 aliphatic heterocycles. The fourth-order valence-corrected chi connectivity index (χ4v) is 1.52. The SMILES string of the molecule is CN(NC(=O)c1ccc[n+]([O-])c1)c1ccccc1. The lowest BCUT2D eigenvalue weighted by Gasteiger charge is -2.19. The Morgan fingerprint density at radius 3 is 2.61 bits per heavy atom. The number of rotatable bonds is 3. The number of nitrogens with one attached hydrogen (secondary N) is 1. The maximum Gasteiger partial charge on any atom is 0.275 e. The Hall–Kier alpha value is -2.56. The van der Waals surface area contributed by atoms with Crippen molar-refractivity contribution in [3.05, 3.63) is 65.6 Å². The third-order valence-corrected chi connectivity index (χ3v) is 2.45. The first kappa shape index (κ1) is 11.9. The summed E-state index contributed by atoms with van der Waals surface area (Å²) in [5, 5.41) is 12.7. The van der Waals surface area contributed by atoms with Crippen molar-refractivity contribution in [1.29, 1.82) is 0 Å². The standard InChI is InChI=1S/C13H13N3O2/c1-15(12-7-3-2-4-8-12)14-13(17)11-6-5-9-16(18)10-11/h2-10H,1H3,(H,14,17). The van der Waals surface area contributed by atoms with Crippen LogP contribution in [-0.4, -0.2) is 13.0 Å². The van der Waals surface area contributed by atoms with E-state index in [9.17, 15) is 10.0 Å². The minimum Gasteiger partial charge on any atom is -0.619 e. The van der Waals surface area contributed by atoms with Gasteiger partial charge < -0.3 is 5.21 Å². The average Bonchev–Trinajstić information content (AvgIpc) is 2.39. The van der Waals surface area contributed by atoms with E-state index < -0.39 is 0 Å². The summed E-state index contributed by atoms with van der Waals surface area (Å²) in [6.07, 6.45) is 2.56. The summed E-state index contributed by atoms with van der Waals surface area (Å²) in [6, 6.07) is 12.5. The van der Waals surface area contributed by atoms with E-state index in [1.54, 1.807) is 18.1 Å². The lowest BCUT2D eigenvalue weighted by molar-refractivity contribution is -0.605. The number of benzene rings is 1. The summed E-state index contributed by atoms with van der Waals surface area (Å²) in [6.45, 7) is 0. The lowest BCUT2D eigenvalue weighted by atomic mass is 10.3. The van der Waals surface area contributed by atoms with Gasteiger partial charge in [-0.3, -0.25) is 15.2 Å². The van der Waals surface area contributed by atoms with Crippen LogP contribution in [0.4, 0.5) is 5.69 Å². The van der Waals surface area contributed by atoms with Gasteiger partial charge in [-0.15, -0.1) is 0 Å². The van der Waals surface area contributed by atoms with Gasteiger partial charge in [0.15, 0.2) is 12.4 Å². The number of carbonyl (C=O) groups excluding carboxylic acids is 1. The largest absolute Gasteiger partial charge is 0.619 e. The molecule has 0 spiro atoms. The fraction of sp³-hybridized carbons (Fsp3) is 0.0769. The minimum atomic E-state index is -0.327. The monoisotopic (exact) mass is 243 g/mol. The normalized spacial score (nSPS) is 9.83. The van der Waals surface area contributed by atoms with Crippen molar-refractivity contribution in [2.24, 2.45) is 0 Å². The van der Waals surface area contributed by atoms with Crippen LogP contribution in [0.2, 0.25) is 0 Å². The molecule has 5 nitrogen and oxygen atoms in total. The molecule has 1 N–H and O–H groups in total. The zero-order valence-electron chi connectivity index (χ0n) is 9.91. The van der Waals surface area contributed by atoms with Crippen LogP contribution in [0.25, 0.3) is 0 Å². The van der Waals surface area contributed by atoms with E-state index in [0.29, 0.717) is 10.3 Å². The second-order valence-electron chi connectivity index (χ2n) is 3.79. The molecule has 0 aliphatic rings. The number of hydrazine groups is 1. The number of anilines is 1. The molecule has 1 amide bonds. The highest BCUT2D eigenvalue weighted by Gasteiger charge is 2.10. The number of hydrogen-bond acceptors (Lipinski definition) is 3. The van der Waals surface area contributed by atoms with Crippen molar-refractivity contribution in [3.63, 3.8) is 0 Å². The molecule has 2 rings (SSSR count). The van der Waals surface area contributed by atoms with Crippen molar-refractivity contribution >= 4 is 11.6 Å². The lowest BCUT2D eigenvalue weighted by Crippen LogP contribution is -2.40. The Kier molecular flexibility index (Phi) is 3.43. The number of aromatic nitrogens is 1. The number of para-hydroxylation sites is 1. The van der Waals surface area contributed by atoms with Gasteiger partial charge in [-0.2, -0.15) is 4.73 Å². The summed E-state index contributed by atoms with van der Waals surface area (Å²) >= 11 is 0. The van der Waals surface area contributed by atoms with Gasteiger partial charge in [-0.1, -0.05) is 18.2 Å². The topological polar surface area (TPSA) is 59.3 Å². The summed E-state index contributed by atoms with van der Waals surface area (Å²) < 4.78 is 0.595. The van der Waals surface area contributed by atoms with Gasteiger partial charge in [0.25, 0.3) is 5.91 Å². The van der Waals surface area contributed by atoms with E-state index in [4.69, 9.17) is 0 Å². The zero-order chi connectivity index (χ0) is 13.0. The van der Waals surface area contributed by atoms with Crippen LogP contribution < -0.4 is 15.2 Å². The minimum absolute atomic E-state index is 0.315. The highest BCUT2D eigenvalue weighted by atomic mass is 16.5. The Balaban J connectivity index is 2.08. The molecular formula is C13H13N3O2. The first-order valence-corrected chi connectivity index (χ1v) is 5.45. The number of pyridine rings is 1. The summed E-state index contributed by atoms with van der Waals surface area (Å²) in [5.74, 6) is -0.327. The number of amides is 1. The molecule has 18 heavy (non-hydrogen) atoms. The quantitative estimate of drug-likeness (QED) is 0.499. The first-order chi connectivity index (χ1) is 8.66. The summed E-state index contributed by atoms with van der Waals surface area (Å²) in [5.41, 5.74) is 3.86. The molecule has 0 aliphatic carbocycles. The van der Waals surface area contributed by atoms with Crippen molar-refractivity contribution in [3.8, 4) is 0 Å². The van der Waals surface area contributed by atoms with Crippen LogP contribution in [-0.2, 0) is 0 Å². The van der Waals surface area contributed by atoms with Gasteiger partial charge in [0, 0.05) is 13.1 Å². The van der Waals surface area contributed by atoms with Gasteiger partial charge in [-0.05, 0) is 18.2 Å². The average molecular weight is 243 g/mol. The van der Waals surface area contributed by atoms with Gasteiger partial charge in [0.05, 0.1) is 5.69 Å². The van der Waals surface area contributed by atoms with Crippen LogP contribution in [0.15, 0.2) is 54.9 Å². The Labute approximate surface area is 105 Å². The van der Waals surface area contributed by atoms with Gasteiger partial charge in [0.2, 0.25) is 0 Å². The number of carbonyl (C=O) groups is 1. The summed E-state index contributed by atoms with van der Waals surface area (Å²) in [4.78, 5) is 11.9.